The number of halogens is 6. The summed E-state index contributed by atoms with van der Waals surface area (Å²) in [5, 5.41) is 4.33. The minimum Gasteiger partial charge on any atom is -0.361 e. The molecular formula is C26H23F6N7O. The number of fused-ring (bicyclic) bond motifs is 1. The molecule has 14 heteroatoms. The van der Waals surface area contributed by atoms with Crippen molar-refractivity contribution in [2.45, 2.75) is 57.5 Å². The van der Waals surface area contributed by atoms with Gasteiger partial charge >= 0.3 is 6.18 Å². The average molecular weight is 564 g/mol. The van der Waals surface area contributed by atoms with Crippen LogP contribution in [0.25, 0.3) is 22.4 Å². The molecule has 1 aromatic carbocycles. The van der Waals surface area contributed by atoms with Gasteiger partial charge in [-0.15, -0.1) is 0 Å². The lowest BCUT2D eigenvalue weighted by atomic mass is 10.1. The highest BCUT2D eigenvalue weighted by atomic mass is 19.4. The van der Waals surface area contributed by atoms with Crippen molar-refractivity contribution < 1.29 is 31.1 Å². The summed E-state index contributed by atoms with van der Waals surface area (Å²) in [4.78, 5) is 19.3. The number of benzene rings is 1. The fourth-order valence-electron chi connectivity index (χ4n) is 4.65. The molecule has 40 heavy (non-hydrogen) atoms. The van der Waals surface area contributed by atoms with E-state index in [9.17, 15) is 22.0 Å². The van der Waals surface area contributed by atoms with Crippen LogP contribution in [0.15, 0.2) is 30.6 Å². The summed E-state index contributed by atoms with van der Waals surface area (Å²) in [6.07, 6.45) is -4.49. The second-order valence-corrected chi connectivity index (χ2v) is 10.0. The van der Waals surface area contributed by atoms with Gasteiger partial charge in [-0.05, 0) is 44.9 Å². The molecule has 1 aliphatic heterocycles. The fourth-order valence-corrected chi connectivity index (χ4v) is 4.65. The van der Waals surface area contributed by atoms with Crippen LogP contribution in [-0.2, 0) is 10.9 Å². The Kier molecular flexibility index (Phi) is 6.39. The molecule has 4 aromatic rings. The van der Waals surface area contributed by atoms with Gasteiger partial charge in [0.1, 0.15) is 29.2 Å². The number of anilines is 1. The van der Waals surface area contributed by atoms with Gasteiger partial charge in [0.05, 0.1) is 42.3 Å². The average Bonchev–Trinajstić information content (AvgIpc) is 3.64. The van der Waals surface area contributed by atoms with Crippen LogP contribution in [0, 0.1) is 19.7 Å². The highest BCUT2D eigenvalue weighted by Crippen LogP contribution is 2.38. The summed E-state index contributed by atoms with van der Waals surface area (Å²) in [5.74, 6) is -1.22. The molecule has 2 fully saturated rings. The van der Waals surface area contributed by atoms with Crippen molar-refractivity contribution in [3.8, 4) is 11.3 Å². The fraction of sp³-hybridized carbons (Fsp3) is 0.423. The van der Waals surface area contributed by atoms with E-state index in [1.807, 2.05) is 0 Å². The molecule has 0 N–H and O–H groups in total. The second-order valence-electron chi connectivity index (χ2n) is 10.0. The van der Waals surface area contributed by atoms with Crippen LogP contribution in [-0.4, -0.2) is 55.3 Å². The minimum absolute atomic E-state index is 0.0483. The molecule has 210 valence electrons. The zero-order chi connectivity index (χ0) is 28.3. The van der Waals surface area contributed by atoms with E-state index in [0.717, 1.165) is 25.0 Å². The number of rotatable bonds is 5. The van der Waals surface area contributed by atoms with E-state index < -0.39 is 36.2 Å². The van der Waals surface area contributed by atoms with Gasteiger partial charge in [0.2, 0.25) is 5.95 Å². The molecular weight excluding hydrogens is 540 g/mol. The van der Waals surface area contributed by atoms with E-state index in [0.29, 0.717) is 23.0 Å². The first-order valence-electron chi connectivity index (χ1n) is 12.6. The second kappa shape index (κ2) is 9.68. The third kappa shape index (κ3) is 4.95. The minimum atomic E-state index is -4.74. The molecule has 0 amide bonds. The molecule has 4 heterocycles. The molecule has 3 aromatic heterocycles. The Labute approximate surface area is 224 Å². The molecule has 2 aliphatic rings. The van der Waals surface area contributed by atoms with Gasteiger partial charge in [0.15, 0.2) is 5.65 Å². The lowest BCUT2D eigenvalue weighted by Crippen LogP contribution is -2.47. The van der Waals surface area contributed by atoms with Crippen LogP contribution in [0.1, 0.15) is 47.5 Å². The highest BCUT2D eigenvalue weighted by molar-refractivity contribution is 5.88. The molecule has 0 bridgehead atoms. The maximum absolute atomic E-state index is 15.1. The Bertz CT molecular complexity index is 1590. The van der Waals surface area contributed by atoms with Crippen molar-refractivity contribution in [2.75, 3.05) is 18.0 Å². The van der Waals surface area contributed by atoms with Crippen LogP contribution in [0.3, 0.4) is 0 Å². The normalized spacial score (nSPS) is 20.1. The topological polar surface area (TPSA) is 81.9 Å². The van der Waals surface area contributed by atoms with E-state index in [4.69, 9.17) is 4.74 Å². The molecule has 0 unspecified atom stereocenters. The summed E-state index contributed by atoms with van der Waals surface area (Å²) in [6, 6.07) is 2.38. The Morgan fingerprint density at radius 3 is 2.42 bits per heavy atom. The number of hydrogen-bond acceptors (Lipinski definition) is 7. The van der Waals surface area contributed by atoms with Gasteiger partial charge in [-0.1, -0.05) is 0 Å². The molecule has 0 spiro atoms. The molecule has 1 saturated carbocycles. The number of alkyl halides is 5. The number of hydrogen-bond donors (Lipinski definition) is 0. The lowest BCUT2D eigenvalue weighted by molar-refractivity contribution is -0.137. The van der Waals surface area contributed by atoms with Gasteiger partial charge in [0, 0.05) is 17.3 Å². The SMILES string of the molecule is Cc1nc2nc(N3C[C@@H](C(F)F)O[C@@H](c4cnn(C5CC5)c4)C3)nc(-c3ccc(C(F)(F)F)cc3F)c2nc1C. The Morgan fingerprint density at radius 1 is 1.00 bits per heavy atom. The van der Waals surface area contributed by atoms with Crippen molar-refractivity contribution in [3.05, 3.63) is 58.9 Å². The van der Waals surface area contributed by atoms with Crippen molar-refractivity contribution in [3.63, 3.8) is 0 Å². The quantitative estimate of drug-likeness (QED) is 0.292. The van der Waals surface area contributed by atoms with Crippen molar-refractivity contribution in [1.29, 1.82) is 0 Å². The number of ether oxygens (including phenoxy) is 1. The van der Waals surface area contributed by atoms with E-state index >= 15 is 4.39 Å². The molecule has 8 nitrogen and oxygen atoms in total. The van der Waals surface area contributed by atoms with Crippen LogP contribution in [0.4, 0.5) is 32.3 Å². The molecule has 0 radical (unpaired) electrons. The molecule has 2 atom stereocenters. The van der Waals surface area contributed by atoms with Crippen molar-refractivity contribution in [1.82, 2.24) is 29.7 Å². The third-order valence-electron chi connectivity index (χ3n) is 7.09. The lowest BCUT2D eigenvalue weighted by Gasteiger charge is -2.37. The summed E-state index contributed by atoms with van der Waals surface area (Å²) in [6.45, 7) is 3.17. The Morgan fingerprint density at radius 2 is 1.75 bits per heavy atom. The maximum atomic E-state index is 15.1. The first-order chi connectivity index (χ1) is 19.0. The maximum Gasteiger partial charge on any atom is 0.416 e. The molecule has 6 rings (SSSR count). The zero-order valence-electron chi connectivity index (χ0n) is 21.3. The van der Waals surface area contributed by atoms with Gasteiger partial charge < -0.3 is 9.64 Å². The van der Waals surface area contributed by atoms with Crippen LogP contribution in [0.5, 0.6) is 0 Å². The third-order valence-corrected chi connectivity index (χ3v) is 7.09. The number of morpholine rings is 1. The van der Waals surface area contributed by atoms with Crippen molar-refractivity contribution >= 4 is 17.1 Å². The standard InChI is InChI=1S/C26H23F6N7O/c1-12-13(2)35-24-22(34-12)21(17-6-3-15(7-18(17)27)26(30,31)32)36-25(37-24)38-10-19(40-20(11-38)23(28)29)14-8-33-39(9-14)16-4-5-16/h3,6-9,16,19-20,23H,4-5,10-11H2,1-2H3/t19-,20+/m1/s1. The van der Waals surface area contributed by atoms with Gasteiger partial charge in [-0.25, -0.2) is 28.1 Å². The smallest absolute Gasteiger partial charge is 0.361 e. The van der Waals surface area contributed by atoms with Crippen LogP contribution in [0.2, 0.25) is 0 Å². The van der Waals surface area contributed by atoms with Crippen molar-refractivity contribution in [2.24, 2.45) is 0 Å². The van der Waals surface area contributed by atoms with E-state index in [1.54, 1.807) is 30.9 Å². The van der Waals surface area contributed by atoms with E-state index in [2.05, 4.69) is 25.0 Å². The highest BCUT2D eigenvalue weighted by Gasteiger charge is 2.37. The monoisotopic (exact) mass is 563 g/mol. The summed E-state index contributed by atoms with van der Waals surface area (Å²) < 4.78 is 90.1. The van der Waals surface area contributed by atoms with Gasteiger partial charge in [-0.2, -0.15) is 23.3 Å². The predicted octanol–water partition coefficient (Wildman–Crippen LogP) is 5.60. The largest absolute Gasteiger partial charge is 0.416 e. The molecule has 1 aliphatic carbocycles. The number of aromatic nitrogens is 6. The van der Waals surface area contributed by atoms with E-state index in [-0.39, 0.29) is 47.5 Å². The number of nitrogens with zero attached hydrogens (tertiary/aromatic N) is 7. The summed E-state index contributed by atoms with van der Waals surface area (Å²) in [7, 11) is 0. The van der Waals surface area contributed by atoms with Gasteiger partial charge in [0.25, 0.3) is 6.43 Å². The first-order valence-corrected chi connectivity index (χ1v) is 12.6. The summed E-state index contributed by atoms with van der Waals surface area (Å²) in [5.41, 5.74) is 0.256. The van der Waals surface area contributed by atoms with Crippen LogP contribution >= 0.6 is 0 Å². The first kappa shape index (κ1) is 26.4. The summed E-state index contributed by atoms with van der Waals surface area (Å²) >= 11 is 0. The van der Waals surface area contributed by atoms with Gasteiger partial charge in [-0.3, -0.25) is 4.68 Å². The number of aryl methyl sites for hydroxylation is 2. The predicted molar refractivity (Wildman–Crippen MR) is 131 cm³/mol. The zero-order valence-corrected chi connectivity index (χ0v) is 21.3. The van der Waals surface area contributed by atoms with E-state index in [1.165, 1.54) is 4.90 Å². The molecule has 1 saturated heterocycles. The van der Waals surface area contributed by atoms with Crippen LogP contribution < -0.4 is 4.90 Å². The Hall–Kier alpha value is -3.81. The Balaban J connectivity index is 1.45.